The average molecular weight is 1470 g/mol. The molecule has 104 heavy (non-hydrogen) atoms. The monoisotopic (exact) mass is 1470 g/mol. The number of aryl methyl sites for hydroxylation is 3. The Balaban J connectivity index is 0.000000180. The molecule has 9 aromatic rings. The first-order chi connectivity index (χ1) is 50.0. The Labute approximate surface area is 611 Å². The third-order valence-electron chi connectivity index (χ3n) is 17.0. The summed E-state index contributed by atoms with van der Waals surface area (Å²) < 4.78 is 34.3. The van der Waals surface area contributed by atoms with E-state index in [2.05, 4.69) is 94.0 Å². The number of nitrogens with zero attached hydrogens (tertiary/aromatic N) is 14. The lowest BCUT2D eigenvalue weighted by atomic mass is 10.0. The smallest absolute Gasteiger partial charge is 0.412 e. The first-order valence-corrected chi connectivity index (χ1v) is 37.4. The van der Waals surface area contributed by atoms with Gasteiger partial charge in [0.15, 0.2) is 16.9 Å². The van der Waals surface area contributed by atoms with E-state index in [9.17, 15) is 33.0 Å². The fourth-order valence-corrected chi connectivity index (χ4v) is 12.4. The molecule has 9 heterocycles. The number of nitrogens with one attached hydrogen (secondary N) is 6. The van der Waals surface area contributed by atoms with Crippen LogP contribution in [-0.4, -0.2) is 169 Å². The number of aliphatic hydroxyl groups is 3. The highest BCUT2D eigenvalue weighted by Gasteiger charge is 2.29. The topological polar surface area (TPSA) is 389 Å². The van der Waals surface area contributed by atoms with E-state index in [-0.39, 0.29) is 42.3 Å². The number of carbonyl (C=O) groups is 3. The van der Waals surface area contributed by atoms with Crippen LogP contribution >= 0.6 is 11.6 Å². The van der Waals surface area contributed by atoms with Crippen molar-refractivity contribution in [2.75, 3.05) is 87.8 Å². The molecule has 11 N–H and O–H groups in total. The molecule has 3 aliphatic rings. The van der Waals surface area contributed by atoms with Crippen LogP contribution in [0.4, 0.5) is 68.7 Å². The van der Waals surface area contributed by atoms with Crippen molar-refractivity contribution in [3.63, 3.8) is 0 Å². The number of allylic oxidation sites excluding steroid dienone is 1. The highest BCUT2D eigenvalue weighted by molar-refractivity contribution is 7.90. The van der Waals surface area contributed by atoms with Gasteiger partial charge in [-0.05, 0) is 196 Å². The third-order valence-corrected chi connectivity index (χ3v) is 18.0. The summed E-state index contributed by atoms with van der Waals surface area (Å²) in [6.07, 6.45) is 23.1. The molecule has 6 aromatic heterocycles. The Hall–Kier alpha value is -9.92. The van der Waals surface area contributed by atoms with E-state index in [1.807, 2.05) is 67.8 Å². The number of hydrogen-bond donors (Lipinski definition) is 10. The summed E-state index contributed by atoms with van der Waals surface area (Å²) in [6, 6.07) is 22.9. The van der Waals surface area contributed by atoms with Gasteiger partial charge in [-0.1, -0.05) is 58.5 Å². The molecule has 3 saturated heterocycles. The standard InChI is InChI=1S/C23H29N7O2.C20H27N7O.C19H24N6O4S.C7H15NO.C3H3ClO/c1-3-16-15-24-30-21(16)27-22(29-12-6-5-10-19(29)11-13-31)28-23(30)26-18-9-7-8-17(14-18)25-20(32)4-2;1-2-14-13-22-27-18(14)24-19(26-10-4-3-8-17(26)9-11-28)25-20(27)23-16-7-5-6-15(21)12-16;1-6-12-11-20-25-15(12)23-17(30(5,27)28)24-16(25)21-13-8-7-9-14(10-13)22-18(26)29-19(2,3)4;9-6-4-7-3-1-2-5-8-7;1-2-3(4)5/h4,7-9,14-15,19,31H,2-3,5-6,10-13H2,1H3,(H,25,32)(H,26,27,28);5-7,12-13,17,28H,2-4,8-11,21H2,1H3,(H,23,24,25);7-11H,6H2,1-5H3,(H,22,26)(H,21,23,24);7-9H,1-6H2;2H,1H2/t19-;17-;;7-;/m00.0./s1. The number of nitrogens with two attached hydrogens (primary N) is 1. The van der Waals surface area contributed by atoms with E-state index in [0.29, 0.717) is 77.7 Å². The van der Waals surface area contributed by atoms with Crippen LogP contribution in [0.15, 0.2) is 122 Å². The summed E-state index contributed by atoms with van der Waals surface area (Å²) in [5, 5.41) is 58.5. The van der Waals surface area contributed by atoms with Gasteiger partial charge in [-0.2, -0.15) is 58.7 Å². The summed E-state index contributed by atoms with van der Waals surface area (Å²) in [5.74, 6) is 2.41. The molecule has 12 rings (SSSR count). The van der Waals surface area contributed by atoms with Gasteiger partial charge in [-0.3, -0.25) is 14.9 Å². The van der Waals surface area contributed by atoms with Crippen molar-refractivity contribution in [2.24, 2.45) is 0 Å². The van der Waals surface area contributed by atoms with E-state index >= 15 is 0 Å². The van der Waals surface area contributed by atoms with E-state index in [1.165, 1.54) is 36.3 Å². The van der Waals surface area contributed by atoms with Crippen molar-refractivity contribution in [1.29, 1.82) is 0 Å². The number of ether oxygens (including phenoxy) is 1. The number of piperidine rings is 3. The summed E-state index contributed by atoms with van der Waals surface area (Å²) in [4.78, 5) is 65.2. The molecule has 3 aromatic carbocycles. The Bertz CT molecular complexity index is 4450. The maximum atomic E-state index is 12.0. The molecule has 0 unspecified atom stereocenters. The Morgan fingerprint density at radius 2 is 1.04 bits per heavy atom. The Morgan fingerprint density at radius 3 is 1.45 bits per heavy atom. The zero-order valence-electron chi connectivity index (χ0n) is 60.2. The lowest BCUT2D eigenvalue weighted by Gasteiger charge is -2.35. The highest BCUT2D eigenvalue weighted by atomic mass is 35.5. The van der Waals surface area contributed by atoms with Gasteiger partial charge in [0.25, 0.3) is 5.16 Å². The third kappa shape index (κ3) is 22.8. The van der Waals surface area contributed by atoms with Crippen molar-refractivity contribution in [1.82, 2.24) is 64.1 Å². The number of benzene rings is 3. The summed E-state index contributed by atoms with van der Waals surface area (Å²) >= 11 is 4.71. The number of amides is 2. The second-order valence-electron chi connectivity index (χ2n) is 25.9. The number of aromatic nitrogens is 12. The predicted octanol–water partition coefficient (Wildman–Crippen LogP) is 10.7. The fraction of sp³-hybridized carbons (Fsp3) is 0.444. The Morgan fingerprint density at radius 1 is 0.606 bits per heavy atom. The fourth-order valence-electron chi connectivity index (χ4n) is 11.9. The largest absolute Gasteiger partial charge is 0.444 e. The second kappa shape index (κ2) is 38.6. The molecule has 32 heteroatoms. The molecule has 2 amide bonds. The van der Waals surface area contributed by atoms with Gasteiger partial charge in [0.2, 0.25) is 50.7 Å². The minimum atomic E-state index is -3.63. The summed E-state index contributed by atoms with van der Waals surface area (Å²) in [6.45, 7) is 21.5. The molecule has 0 spiro atoms. The SMILES string of the molecule is C=CC(=O)Cl.C=CC(=O)Nc1cccc(Nc2nc(N3CCCC[C@H]3CCO)nc3c(CC)cnn23)c1.CCc1cnn2c(Nc3cccc(N)c3)nc(N3CCCC[C@H]3CCO)nc12.CCc1cnn2c(Nc3cccc(NC(=O)OC(C)(C)C)c3)nc(S(C)(=O)=O)nc12.OCC[C@@H]1CCCCN1. The van der Waals surface area contributed by atoms with Gasteiger partial charge >= 0.3 is 6.09 Å². The number of aliphatic hydroxyl groups excluding tert-OH is 3. The highest BCUT2D eigenvalue weighted by Crippen LogP contribution is 2.31. The number of rotatable bonds is 22. The number of halogens is 1. The van der Waals surface area contributed by atoms with Crippen LogP contribution in [0.25, 0.3) is 16.9 Å². The second-order valence-corrected chi connectivity index (χ2v) is 28.2. The van der Waals surface area contributed by atoms with Gasteiger partial charge < -0.3 is 62.2 Å². The van der Waals surface area contributed by atoms with E-state index in [1.54, 1.807) is 60.3 Å². The lowest BCUT2D eigenvalue weighted by Crippen LogP contribution is -2.41. The van der Waals surface area contributed by atoms with Crippen molar-refractivity contribution >= 4 is 119 Å². The molecule has 0 saturated carbocycles. The summed E-state index contributed by atoms with van der Waals surface area (Å²) in [7, 11) is -3.63. The lowest BCUT2D eigenvalue weighted by molar-refractivity contribution is -0.112. The summed E-state index contributed by atoms with van der Waals surface area (Å²) in [5.41, 5.74) is 14.2. The van der Waals surface area contributed by atoms with Crippen molar-refractivity contribution < 1.29 is 42.9 Å². The van der Waals surface area contributed by atoms with Gasteiger partial charge in [0.05, 0.1) is 18.6 Å². The van der Waals surface area contributed by atoms with E-state index in [4.69, 9.17) is 47.1 Å². The molecular weight excluding hydrogens is 1370 g/mol. The molecular formula is C72H98ClN21O9S. The van der Waals surface area contributed by atoms with Crippen LogP contribution in [0.5, 0.6) is 0 Å². The zero-order valence-corrected chi connectivity index (χ0v) is 61.8. The van der Waals surface area contributed by atoms with Crippen LogP contribution < -0.4 is 47.4 Å². The van der Waals surface area contributed by atoms with Crippen LogP contribution in [0.1, 0.15) is 135 Å². The maximum absolute atomic E-state index is 12.0. The van der Waals surface area contributed by atoms with Gasteiger partial charge in [-0.15, -0.1) is 0 Å². The molecule has 3 fully saturated rings. The minimum absolute atomic E-state index is 0.143. The number of hydrogen-bond acceptors (Lipinski definition) is 25. The first-order valence-electron chi connectivity index (χ1n) is 35.1. The number of fused-ring (bicyclic) bond motifs is 3. The van der Waals surface area contributed by atoms with Crippen molar-refractivity contribution in [2.45, 2.75) is 167 Å². The number of nitrogen functional groups attached to an aromatic ring is 1. The maximum Gasteiger partial charge on any atom is 0.412 e. The Kier molecular flexibility index (Phi) is 29.6. The van der Waals surface area contributed by atoms with Gasteiger partial charge in [0, 0.05) is 108 Å². The molecule has 3 aliphatic heterocycles. The van der Waals surface area contributed by atoms with Gasteiger partial charge in [-0.25, -0.2) is 13.2 Å². The molecule has 0 aliphatic carbocycles. The van der Waals surface area contributed by atoms with Crippen molar-refractivity contribution in [3.05, 3.63) is 133 Å². The van der Waals surface area contributed by atoms with E-state index < -0.39 is 26.8 Å². The van der Waals surface area contributed by atoms with Crippen LogP contribution in [-0.2, 0) is 43.4 Å². The van der Waals surface area contributed by atoms with Gasteiger partial charge in [0.1, 0.15) is 5.60 Å². The first kappa shape index (κ1) is 79.8. The van der Waals surface area contributed by atoms with E-state index in [0.717, 1.165) is 129 Å². The normalized spacial score (nSPS) is 15.9. The minimum Gasteiger partial charge on any atom is -0.444 e. The number of carbonyl (C=O) groups excluding carboxylic acids is 3. The molecule has 0 radical (unpaired) electrons. The molecule has 0 bridgehead atoms. The number of sulfone groups is 1. The molecule has 3 atom stereocenters. The molecule has 558 valence electrons. The van der Waals surface area contributed by atoms with Crippen LogP contribution in [0, 0.1) is 0 Å². The van der Waals surface area contributed by atoms with Crippen LogP contribution in [0.2, 0.25) is 0 Å². The quantitative estimate of drug-likeness (QED) is 0.0171. The molecule has 30 nitrogen and oxygen atoms in total. The van der Waals surface area contributed by atoms with Crippen LogP contribution in [0.3, 0.4) is 0 Å². The predicted molar refractivity (Wildman–Crippen MR) is 408 cm³/mol. The average Bonchev–Trinajstić information content (AvgIpc) is 1.52. The zero-order chi connectivity index (χ0) is 74.9. The van der Waals surface area contributed by atoms with Crippen molar-refractivity contribution in [3.8, 4) is 0 Å². The number of anilines is 11.